The molecule has 114 valence electrons. The van der Waals surface area contributed by atoms with Crippen LogP contribution in [-0.2, 0) is 23.2 Å². The van der Waals surface area contributed by atoms with Crippen molar-refractivity contribution in [2.45, 2.75) is 29.9 Å². The normalized spacial score (nSPS) is 11.6. The summed E-state index contributed by atoms with van der Waals surface area (Å²) in [5, 5.41) is 9.25. The highest BCUT2D eigenvalue weighted by Crippen LogP contribution is 2.22. The summed E-state index contributed by atoms with van der Waals surface area (Å²) < 4.78 is 29.0. The molecule has 5 nitrogen and oxygen atoms in total. The number of aromatic nitrogens is 1. The van der Waals surface area contributed by atoms with Crippen LogP contribution in [0.15, 0.2) is 46.3 Å². The molecule has 0 unspecified atom stereocenters. The first kappa shape index (κ1) is 15.9. The van der Waals surface area contributed by atoms with Crippen LogP contribution in [0.3, 0.4) is 0 Å². The Labute approximate surface area is 129 Å². The second-order valence-corrected chi connectivity index (χ2v) is 7.01. The Morgan fingerprint density at radius 3 is 2.67 bits per heavy atom. The lowest BCUT2D eigenvalue weighted by molar-refractivity contribution is 0.271. The predicted molar refractivity (Wildman–Crippen MR) is 85.1 cm³/mol. The maximum atomic E-state index is 12.4. The van der Waals surface area contributed by atoms with E-state index in [0.717, 1.165) is 4.90 Å². The summed E-state index contributed by atoms with van der Waals surface area (Å²) in [6, 6.07) is 8.71. The molecule has 0 spiro atoms. The monoisotopic (exact) mass is 326 g/mol. The largest absolute Gasteiger partial charge is 0.390 e. The molecule has 1 aromatic heterocycles. The van der Waals surface area contributed by atoms with Gasteiger partial charge in [0.15, 0.2) is 0 Å². The van der Waals surface area contributed by atoms with Gasteiger partial charge in [-0.1, -0.05) is 6.07 Å². The fraction of sp³-hybridized carbons (Fsp3) is 0.286. The zero-order valence-corrected chi connectivity index (χ0v) is 13.5. The highest BCUT2D eigenvalue weighted by atomic mass is 32.2. The number of thioether (sulfide) groups is 1. The number of aliphatic hydroxyl groups is 1. The van der Waals surface area contributed by atoms with Crippen molar-refractivity contribution in [2.24, 2.45) is 0 Å². The van der Waals surface area contributed by atoms with Crippen molar-refractivity contribution in [1.29, 1.82) is 0 Å². The third-order valence-electron chi connectivity index (χ3n) is 3.10. The minimum Gasteiger partial charge on any atom is -0.390 e. The predicted octanol–water partition coefficient (Wildman–Crippen LogP) is 2.52. The van der Waals surface area contributed by atoms with E-state index in [1.807, 2.05) is 19.2 Å². The van der Waals surface area contributed by atoms with Gasteiger partial charge in [0.25, 0.3) is 10.0 Å². The first-order chi connectivity index (χ1) is 10.00. The average Bonchev–Trinajstić information content (AvgIpc) is 2.91. The highest BCUT2D eigenvalue weighted by molar-refractivity contribution is 7.98. The van der Waals surface area contributed by atoms with Crippen molar-refractivity contribution in [2.75, 3.05) is 11.0 Å². The number of aryl methyl sites for hydroxylation is 1. The molecular formula is C14H18N2O3S2. The molecular weight excluding hydrogens is 308 g/mol. The average molecular weight is 326 g/mol. The Hall–Kier alpha value is -1.44. The summed E-state index contributed by atoms with van der Waals surface area (Å²) in [7, 11) is -3.65. The summed E-state index contributed by atoms with van der Waals surface area (Å²) in [4.78, 5) is 1.14. The second-order valence-electron chi connectivity index (χ2n) is 4.45. The van der Waals surface area contributed by atoms with Crippen molar-refractivity contribution in [3.63, 3.8) is 0 Å². The molecule has 0 amide bonds. The van der Waals surface area contributed by atoms with Crippen LogP contribution in [0.1, 0.15) is 12.6 Å². The van der Waals surface area contributed by atoms with Gasteiger partial charge in [-0.3, -0.25) is 4.72 Å². The topological polar surface area (TPSA) is 71.3 Å². The number of hydrogen-bond acceptors (Lipinski definition) is 4. The Balaban J connectivity index is 2.31. The van der Waals surface area contributed by atoms with E-state index in [0.29, 0.717) is 17.9 Å². The molecule has 2 aromatic rings. The van der Waals surface area contributed by atoms with Crippen LogP contribution in [0.5, 0.6) is 0 Å². The molecule has 21 heavy (non-hydrogen) atoms. The van der Waals surface area contributed by atoms with Crippen LogP contribution >= 0.6 is 11.8 Å². The van der Waals surface area contributed by atoms with Crippen LogP contribution in [-0.4, -0.2) is 24.3 Å². The lowest BCUT2D eigenvalue weighted by Gasteiger charge is -2.07. The molecule has 7 heteroatoms. The van der Waals surface area contributed by atoms with Gasteiger partial charge in [-0.15, -0.1) is 11.8 Å². The molecule has 1 heterocycles. The quantitative estimate of drug-likeness (QED) is 0.800. The Morgan fingerprint density at radius 1 is 1.33 bits per heavy atom. The first-order valence-electron chi connectivity index (χ1n) is 6.47. The minimum absolute atomic E-state index is 0.156. The van der Waals surface area contributed by atoms with E-state index in [4.69, 9.17) is 0 Å². The molecule has 0 radical (unpaired) electrons. The molecule has 0 saturated carbocycles. The molecule has 0 aliphatic heterocycles. The maximum absolute atomic E-state index is 12.4. The van der Waals surface area contributed by atoms with Crippen LogP contribution in [0.25, 0.3) is 0 Å². The van der Waals surface area contributed by atoms with Gasteiger partial charge in [0, 0.05) is 29.0 Å². The minimum atomic E-state index is -3.65. The number of anilines is 1. The molecule has 0 aliphatic carbocycles. The van der Waals surface area contributed by atoms with Gasteiger partial charge in [-0.25, -0.2) is 8.42 Å². The second kappa shape index (κ2) is 6.55. The zero-order valence-electron chi connectivity index (χ0n) is 11.9. The highest BCUT2D eigenvalue weighted by Gasteiger charge is 2.18. The molecule has 2 rings (SSSR count). The smallest absolute Gasteiger partial charge is 0.263 e. The summed E-state index contributed by atoms with van der Waals surface area (Å²) in [5.41, 5.74) is 1.10. The van der Waals surface area contributed by atoms with Crippen molar-refractivity contribution in [3.8, 4) is 0 Å². The first-order valence-corrected chi connectivity index (χ1v) is 9.17. The van der Waals surface area contributed by atoms with Crippen LogP contribution in [0, 0.1) is 0 Å². The molecule has 1 aromatic carbocycles. The van der Waals surface area contributed by atoms with E-state index in [9.17, 15) is 13.5 Å². The molecule has 0 aliphatic rings. The lowest BCUT2D eigenvalue weighted by atomic mass is 10.3. The van der Waals surface area contributed by atoms with Crippen LogP contribution < -0.4 is 4.72 Å². The van der Waals surface area contributed by atoms with Gasteiger partial charge < -0.3 is 9.67 Å². The van der Waals surface area contributed by atoms with Gasteiger partial charge >= 0.3 is 0 Å². The maximum Gasteiger partial charge on any atom is 0.263 e. The fourth-order valence-electron chi connectivity index (χ4n) is 2.00. The summed E-state index contributed by atoms with van der Waals surface area (Å²) >= 11 is 1.55. The van der Waals surface area contributed by atoms with Gasteiger partial charge in [0.2, 0.25) is 0 Å². The molecule has 0 atom stereocenters. The lowest BCUT2D eigenvalue weighted by Crippen LogP contribution is -2.12. The van der Waals surface area contributed by atoms with Crippen molar-refractivity contribution >= 4 is 27.5 Å². The van der Waals surface area contributed by atoms with E-state index in [1.165, 1.54) is 12.3 Å². The third-order valence-corrected chi connectivity index (χ3v) is 5.17. The Kier molecular flexibility index (Phi) is 4.97. The zero-order chi connectivity index (χ0) is 15.5. The number of nitrogens with one attached hydrogen (secondary N) is 1. The van der Waals surface area contributed by atoms with Crippen molar-refractivity contribution in [1.82, 2.24) is 4.57 Å². The van der Waals surface area contributed by atoms with Crippen molar-refractivity contribution < 1.29 is 13.5 Å². The SMILES string of the molecule is CCn1cc(S(=O)(=O)Nc2cccc(SC)c2)cc1CO. The van der Waals surface area contributed by atoms with Crippen molar-refractivity contribution in [3.05, 3.63) is 42.2 Å². The standard InChI is InChI=1S/C14H18N2O3S2/c1-3-16-9-14(8-12(16)10-17)21(18,19)15-11-5-4-6-13(7-11)20-2/h4-9,15,17H,3,10H2,1-2H3. The molecule has 0 saturated heterocycles. The van der Waals surface area contributed by atoms with Gasteiger partial charge in [-0.05, 0) is 37.4 Å². The van der Waals surface area contributed by atoms with E-state index < -0.39 is 10.0 Å². The van der Waals surface area contributed by atoms with Gasteiger partial charge in [-0.2, -0.15) is 0 Å². The van der Waals surface area contributed by atoms with E-state index >= 15 is 0 Å². The van der Waals surface area contributed by atoms with Gasteiger partial charge in [0.1, 0.15) is 4.90 Å². The number of aliphatic hydroxyl groups excluding tert-OH is 1. The Morgan fingerprint density at radius 2 is 2.10 bits per heavy atom. The number of rotatable bonds is 6. The van der Waals surface area contributed by atoms with E-state index in [2.05, 4.69) is 4.72 Å². The molecule has 2 N–H and O–H groups in total. The third kappa shape index (κ3) is 3.61. The summed E-state index contributed by atoms with van der Waals surface area (Å²) in [6.07, 6.45) is 3.47. The molecule has 0 bridgehead atoms. The van der Waals surface area contributed by atoms with E-state index in [1.54, 1.807) is 34.5 Å². The Bertz CT molecular complexity index is 702. The number of nitrogens with zero attached hydrogens (tertiary/aromatic N) is 1. The number of sulfonamides is 1. The van der Waals surface area contributed by atoms with Crippen LogP contribution in [0.4, 0.5) is 5.69 Å². The van der Waals surface area contributed by atoms with Crippen LogP contribution in [0.2, 0.25) is 0 Å². The van der Waals surface area contributed by atoms with Gasteiger partial charge in [0.05, 0.1) is 6.61 Å². The fourth-order valence-corrected chi connectivity index (χ4v) is 3.57. The van der Waals surface area contributed by atoms with E-state index in [-0.39, 0.29) is 11.5 Å². The summed E-state index contributed by atoms with van der Waals surface area (Å²) in [5.74, 6) is 0. The summed E-state index contributed by atoms with van der Waals surface area (Å²) in [6.45, 7) is 2.31. The number of hydrogen-bond donors (Lipinski definition) is 2. The number of benzene rings is 1. The molecule has 0 fully saturated rings.